The maximum absolute atomic E-state index is 13.0. The molecule has 5 rings (SSSR count). The van der Waals surface area contributed by atoms with Gasteiger partial charge >= 0.3 is 6.36 Å². The maximum Gasteiger partial charge on any atom is 0.573 e. The zero-order valence-electron chi connectivity index (χ0n) is 20.1. The molecule has 2 N–H and O–H groups in total. The Morgan fingerprint density at radius 1 is 1.05 bits per heavy atom. The van der Waals surface area contributed by atoms with Gasteiger partial charge in [-0.2, -0.15) is 0 Å². The SMILES string of the molecule is O=C1CCC(N2Cc3ccc(N4CCC(NC(=O)c5ccccc5OC(F)(F)F)CC4)nc3C2=O)C(=O)N1. The van der Waals surface area contributed by atoms with Crippen LogP contribution in [0.2, 0.25) is 0 Å². The van der Waals surface area contributed by atoms with Crippen molar-refractivity contribution in [1.29, 1.82) is 0 Å². The number of piperidine rings is 2. The minimum absolute atomic E-state index is 0.168. The number of benzene rings is 1. The summed E-state index contributed by atoms with van der Waals surface area (Å²) in [4.78, 5) is 57.3. The summed E-state index contributed by atoms with van der Waals surface area (Å²) in [5.41, 5.74) is 0.765. The Kier molecular flexibility index (Phi) is 6.67. The molecule has 200 valence electrons. The predicted molar refractivity (Wildman–Crippen MR) is 126 cm³/mol. The summed E-state index contributed by atoms with van der Waals surface area (Å²) in [7, 11) is 0. The van der Waals surface area contributed by atoms with Crippen molar-refractivity contribution in [3.05, 3.63) is 53.2 Å². The van der Waals surface area contributed by atoms with Crippen molar-refractivity contribution < 1.29 is 37.1 Å². The quantitative estimate of drug-likeness (QED) is 0.567. The van der Waals surface area contributed by atoms with Gasteiger partial charge in [0.2, 0.25) is 11.8 Å². The average Bonchev–Trinajstić information content (AvgIpc) is 3.19. The number of amides is 4. The standard InChI is InChI=1S/C25H24F3N5O5/c26-25(27,28)38-18-4-2-1-3-16(18)22(35)29-15-9-11-32(12-10-15)19-7-5-14-13-33(24(37)21(14)30-19)17-6-8-20(34)31-23(17)36/h1-5,7,15,17H,6,8-13H2,(H,29,35)(H,31,34,36). The number of nitrogens with one attached hydrogen (secondary N) is 2. The van der Waals surface area contributed by atoms with Crippen LogP contribution < -0.4 is 20.3 Å². The highest BCUT2D eigenvalue weighted by atomic mass is 19.4. The Bertz CT molecular complexity index is 1290. The lowest BCUT2D eigenvalue weighted by molar-refractivity contribution is -0.274. The topological polar surface area (TPSA) is 121 Å². The Balaban J connectivity index is 1.20. The fraction of sp³-hybridized carbons (Fsp3) is 0.400. The highest BCUT2D eigenvalue weighted by Gasteiger charge is 2.40. The lowest BCUT2D eigenvalue weighted by atomic mass is 10.0. The molecule has 38 heavy (non-hydrogen) atoms. The van der Waals surface area contributed by atoms with E-state index in [-0.39, 0.29) is 48.5 Å². The number of fused-ring (bicyclic) bond motifs is 1. The van der Waals surface area contributed by atoms with Gasteiger partial charge in [0.05, 0.1) is 5.56 Å². The number of nitrogens with zero attached hydrogens (tertiary/aromatic N) is 3. The number of pyridine rings is 1. The molecule has 1 aromatic carbocycles. The molecule has 1 unspecified atom stereocenters. The van der Waals surface area contributed by atoms with E-state index in [2.05, 4.69) is 20.4 Å². The number of halogens is 3. The van der Waals surface area contributed by atoms with Gasteiger partial charge in [0.25, 0.3) is 11.8 Å². The number of ether oxygens (including phenoxy) is 1. The van der Waals surface area contributed by atoms with Crippen LogP contribution in [-0.4, -0.2) is 65.0 Å². The van der Waals surface area contributed by atoms with E-state index in [4.69, 9.17) is 0 Å². The third kappa shape index (κ3) is 5.27. The van der Waals surface area contributed by atoms with Crippen LogP contribution in [0.4, 0.5) is 19.0 Å². The number of imide groups is 1. The molecule has 2 aromatic rings. The fourth-order valence-electron chi connectivity index (χ4n) is 4.97. The molecule has 10 nitrogen and oxygen atoms in total. The van der Waals surface area contributed by atoms with Gasteiger partial charge < -0.3 is 19.9 Å². The number of hydrogen-bond acceptors (Lipinski definition) is 7. The molecule has 0 bridgehead atoms. The summed E-state index contributed by atoms with van der Waals surface area (Å²) in [6.45, 7) is 1.24. The molecule has 2 saturated heterocycles. The maximum atomic E-state index is 13.0. The van der Waals surface area contributed by atoms with Gasteiger partial charge in [-0.05, 0) is 37.5 Å². The summed E-state index contributed by atoms with van der Waals surface area (Å²) in [5.74, 6) is -1.84. The molecule has 0 saturated carbocycles. The summed E-state index contributed by atoms with van der Waals surface area (Å²) in [6.07, 6.45) is -3.44. The van der Waals surface area contributed by atoms with Crippen LogP contribution in [0.3, 0.4) is 0 Å². The third-order valence-electron chi connectivity index (χ3n) is 6.87. The number of aromatic nitrogens is 1. The van der Waals surface area contributed by atoms with Crippen molar-refractivity contribution in [2.24, 2.45) is 0 Å². The van der Waals surface area contributed by atoms with Gasteiger partial charge in [-0.15, -0.1) is 13.2 Å². The molecule has 13 heteroatoms. The lowest BCUT2D eigenvalue weighted by Crippen LogP contribution is -2.52. The van der Waals surface area contributed by atoms with Crippen LogP contribution in [-0.2, 0) is 16.1 Å². The summed E-state index contributed by atoms with van der Waals surface area (Å²) >= 11 is 0. The molecule has 1 atom stereocenters. The van der Waals surface area contributed by atoms with Crippen molar-refractivity contribution in [3.63, 3.8) is 0 Å². The number of rotatable bonds is 5. The van der Waals surface area contributed by atoms with Gasteiger partial charge in [0.15, 0.2) is 0 Å². The minimum Gasteiger partial charge on any atom is -0.405 e. The number of para-hydroxylation sites is 1. The highest BCUT2D eigenvalue weighted by Crippen LogP contribution is 2.30. The first kappa shape index (κ1) is 25.5. The van der Waals surface area contributed by atoms with Crippen molar-refractivity contribution in [2.45, 2.75) is 50.7 Å². The molecule has 2 fully saturated rings. The molecule has 1 aromatic heterocycles. The molecule has 3 aliphatic rings. The summed E-state index contributed by atoms with van der Waals surface area (Å²) in [5, 5.41) is 5.05. The van der Waals surface area contributed by atoms with E-state index in [1.807, 2.05) is 4.90 Å². The average molecular weight is 531 g/mol. The van der Waals surface area contributed by atoms with Crippen LogP contribution in [0.25, 0.3) is 0 Å². The van der Waals surface area contributed by atoms with Gasteiger partial charge in [-0.3, -0.25) is 24.5 Å². The number of hydrogen-bond donors (Lipinski definition) is 2. The van der Waals surface area contributed by atoms with E-state index in [9.17, 15) is 32.3 Å². The monoisotopic (exact) mass is 531 g/mol. The predicted octanol–water partition coefficient (Wildman–Crippen LogP) is 2.14. The van der Waals surface area contributed by atoms with E-state index in [1.165, 1.54) is 23.1 Å². The Morgan fingerprint density at radius 2 is 1.79 bits per heavy atom. The van der Waals surface area contributed by atoms with E-state index < -0.39 is 30.0 Å². The molecule has 0 radical (unpaired) electrons. The number of alkyl halides is 3. The number of carbonyl (C=O) groups excluding carboxylic acids is 4. The molecular weight excluding hydrogens is 507 g/mol. The van der Waals surface area contributed by atoms with Gasteiger partial charge in [0.1, 0.15) is 23.3 Å². The van der Waals surface area contributed by atoms with E-state index in [0.717, 1.165) is 6.07 Å². The zero-order chi connectivity index (χ0) is 27.0. The molecule has 0 spiro atoms. The zero-order valence-corrected chi connectivity index (χ0v) is 20.1. The van der Waals surface area contributed by atoms with Crippen LogP contribution in [0, 0.1) is 0 Å². The first-order chi connectivity index (χ1) is 18.1. The smallest absolute Gasteiger partial charge is 0.405 e. The number of anilines is 1. The van der Waals surface area contributed by atoms with Gasteiger partial charge in [-0.25, -0.2) is 4.98 Å². The minimum atomic E-state index is -4.91. The Morgan fingerprint density at radius 3 is 2.50 bits per heavy atom. The largest absolute Gasteiger partial charge is 0.573 e. The van der Waals surface area contributed by atoms with Crippen LogP contribution in [0.5, 0.6) is 5.75 Å². The van der Waals surface area contributed by atoms with Crippen molar-refractivity contribution in [1.82, 2.24) is 20.5 Å². The molecule has 0 aliphatic carbocycles. The Labute approximate surface area is 215 Å². The fourth-order valence-corrected chi connectivity index (χ4v) is 4.97. The van der Waals surface area contributed by atoms with Gasteiger partial charge in [-0.1, -0.05) is 18.2 Å². The lowest BCUT2D eigenvalue weighted by Gasteiger charge is -2.33. The summed E-state index contributed by atoms with van der Waals surface area (Å²) in [6, 6.07) is 7.79. The third-order valence-corrected chi connectivity index (χ3v) is 6.87. The van der Waals surface area contributed by atoms with Crippen LogP contribution >= 0.6 is 0 Å². The second-order valence-electron chi connectivity index (χ2n) is 9.36. The van der Waals surface area contributed by atoms with E-state index in [0.29, 0.717) is 37.3 Å². The van der Waals surface area contributed by atoms with Gasteiger partial charge in [0, 0.05) is 37.7 Å². The first-order valence-corrected chi connectivity index (χ1v) is 12.1. The van der Waals surface area contributed by atoms with Crippen LogP contribution in [0.15, 0.2) is 36.4 Å². The number of carbonyl (C=O) groups is 4. The van der Waals surface area contributed by atoms with Crippen molar-refractivity contribution in [3.8, 4) is 5.75 Å². The highest BCUT2D eigenvalue weighted by molar-refractivity contribution is 6.04. The Hall–Kier alpha value is -4.16. The van der Waals surface area contributed by atoms with E-state index in [1.54, 1.807) is 12.1 Å². The van der Waals surface area contributed by atoms with E-state index >= 15 is 0 Å². The summed E-state index contributed by atoms with van der Waals surface area (Å²) < 4.78 is 42.0. The first-order valence-electron chi connectivity index (χ1n) is 12.1. The molecule has 4 heterocycles. The second-order valence-corrected chi connectivity index (χ2v) is 9.36. The normalized spacial score (nSPS) is 20.3. The van der Waals surface area contributed by atoms with Crippen molar-refractivity contribution in [2.75, 3.05) is 18.0 Å². The molecule has 4 amide bonds. The molecule has 3 aliphatic heterocycles. The molecular formula is C25H24F3N5O5. The van der Waals surface area contributed by atoms with Crippen LogP contribution in [0.1, 0.15) is 52.1 Å². The van der Waals surface area contributed by atoms with Crippen molar-refractivity contribution >= 4 is 29.4 Å². The second kappa shape index (κ2) is 9.95.